The number of carbonyl (C=O) groups is 2. The predicted octanol–water partition coefficient (Wildman–Crippen LogP) is 2.34. The van der Waals surface area contributed by atoms with Gasteiger partial charge in [-0.05, 0) is 30.2 Å². The molecule has 1 aromatic heterocycles. The molecular formula is C21H23N3O3S2. The largest absolute Gasteiger partial charge is 0.394 e. The minimum atomic E-state index is -0.367. The second kappa shape index (κ2) is 9.87. The number of benzene rings is 1. The number of nitrogens with zero attached hydrogens (tertiary/aromatic N) is 2. The zero-order valence-corrected chi connectivity index (χ0v) is 17.7. The van der Waals surface area contributed by atoms with Crippen molar-refractivity contribution in [2.75, 3.05) is 13.2 Å². The Balaban J connectivity index is 1.54. The number of nitrogens with one attached hydrogen (secondary N) is 1. The van der Waals surface area contributed by atoms with E-state index < -0.39 is 0 Å². The van der Waals surface area contributed by atoms with Gasteiger partial charge in [0.05, 0.1) is 17.6 Å². The van der Waals surface area contributed by atoms with Crippen molar-refractivity contribution in [1.29, 1.82) is 0 Å². The van der Waals surface area contributed by atoms with Gasteiger partial charge in [-0.3, -0.25) is 14.5 Å². The standard InChI is InChI=1S/C21H23N3O3S2/c1-23-10-5-8-17(23)13-18-20(27)24(21(28)29-18)11-9-19(26)22-16(14-25)12-15-6-3-2-4-7-15/h2-8,10,13,16,25H,9,11-12,14H2,1H3,(H,22,26). The van der Waals surface area contributed by atoms with Gasteiger partial charge < -0.3 is 15.0 Å². The normalized spacial score (nSPS) is 16.5. The van der Waals surface area contributed by atoms with Crippen LogP contribution in [0, 0.1) is 0 Å². The van der Waals surface area contributed by atoms with Crippen LogP contribution in [0.5, 0.6) is 0 Å². The summed E-state index contributed by atoms with van der Waals surface area (Å²) in [4.78, 5) is 27.0. The van der Waals surface area contributed by atoms with Crippen LogP contribution < -0.4 is 5.32 Å². The van der Waals surface area contributed by atoms with Gasteiger partial charge in [0.15, 0.2) is 0 Å². The van der Waals surface area contributed by atoms with E-state index in [1.54, 1.807) is 6.08 Å². The Bertz CT molecular complexity index is 924. The van der Waals surface area contributed by atoms with Gasteiger partial charge in [-0.25, -0.2) is 0 Å². The molecule has 0 aliphatic carbocycles. The first-order chi connectivity index (χ1) is 14.0. The molecule has 1 atom stereocenters. The highest BCUT2D eigenvalue weighted by atomic mass is 32.2. The fourth-order valence-corrected chi connectivity index (χ4v) is 4.32. The number of thioether (sulfide) groups is 1. The summed E-state index contributed by atoms with van der Waals surface area (Å²) < 4.78 is 2.37. The van der Waals surface area contributed by atoms with Crippen LogP contribution in [0.2, 0.25) is 0 Å². The first-order valence-corrected chi connectivity index (χ1v) is 10.5. The van der Waals surface area contributed by atoms with Crippen molar-refractivity contribution in [3.8, 4) is 0 Å². The Morgan fingerprint density at radius 2 is 2.03 bits per heavy atom. The average molecular weight is 430 g/mol. The Kier molecular flexibility index (Phi) is 7.24. The number of aliphatic hydroxyl groups excluding tert-OH is 1. The number of aromatic nitrogens is 1. The maximum absolute atomic E-state index is 12.7. The van der Waals surface area contributed by atoms with Crippen LogP contribution in [-0.4, -0.2) is 49.9 Å². The highest BCUT2D eigenvalue weighted by Crippen LogP contribution is 2.32. The van der Waals surface area contributed by atoms with E-state index in [0.717, 1.165) is 11.3 Å². The van der Waals surface area contributed by atoms with Gasteiger partial charge in [0.2, 0.25) is 5.91 Å². The molecule has 2 N–H and O–H groups in total. The van der Waals surface area contributed by atoms with Gasteiger partial charge in [-0.2, -0.15) is 0 Å². The first-order valence-electron chi connectivity index (χ1n) is 9.28. The lowest BCUT2D eigenvalue weighted by Crippen LogP contribution is -2.41. The van der Waals surface area contributed by atoms with Gasteiger partial charge in [-0.15, -0.1) is 0 Å². The molecule has 2 heterocycles. The van der Waals surface area contributed by atoms with Crippen LogP contribution in [0.1, 0.15) is 17.7 Å². The topological polar surface area (TPSA) is 74.6 Å². The molecule has 0 bridgehead atoms. The molecular weight excluding hydrogens is 406 g/mol. The third-order valence-corrected chi connectivity index (χ3v) is 5.99. The van der Waals surface area contributed by atoms with Crippen LogP contribution in [0.25, 0.3) is 6.08 Å². The van der Waals surface area contributed by atoms with E-state index in [1.807, 2.05) is 60.3 Å². The lowest BCUT2D eigenvalue weighted by Gasteiger charge is -2.18. The Morgan fingerprint density at radius 3 is 2.69 bits per heavy atom. The van der Waals surface area contributed by atoms with Crippen molar-refractivity contribution in [3.63, 3.8) is 0 Å². The molecule has 3 rings (SSSR count). The molecule has 0 radical (unpaired) electrons. The third-order valence-electron chi connectivity index (χ3n) is 4.61. The summed E-state index contributed by atoms with van der Waals surface area (Å²) in [5.74, 6) is -0.405. The predicted molar refractivity (Wildman–Crippen MR) is 119 cm³/mol. The summed E-state index contributed by atoms with van der Waals surface area (Å²) >= 11 is 6.57. The summed E-state index contributed by atoms with van der Waals surface area (Å²) in [6, 6.07) is 13.1. The molecule has 0 saturated carbocycles. The van der Waals surface area contributed by atoms with E-state index in [2.05, 4.69) is 5.32 Å². The van der Waals surface area contributed by atoms with Crippen LogP contribution in [-0.2, 0) is 23.1 Å². The van der Waals surface area contributed by atoms with Crippen molar-refractivity contribution in [1.82, 2.24) is 14.8 Å². The number of thiocarbonyl (C=S) groups is 1. The smallest absolute Gasteiger partial charge is 0.266 e. The van der Waals surface area contributed by atoms with Gasteiger partial charge in [-0.1, -0.05) is 54.3 Å². The Morgan fingerprint density at radius 1 is 1.28 bits per heavy atom. The van der Waals surface area contributed by atoms with Crippen LogP contribution in [0.15, 0.2) is 53.6 Å². The molecule has 1 aliphatic rings. The first kappa shape index (κ1) is 21.3. The summed E-state index contributed by atoms with van der Waals surface area (Å²) in [5.41, 5.74) is 1.95. The van der Waals surface area contributed by atoms with E-state index in [4.69, 9.17) is 12.2 Å². The van der Waals surface area contributed by atoms with E-state index >= 15 is 0 Å². The maximum Gasteiger partial charge on any atom is 0.266 e. The third kappa shape index (κ3) is 5.56. The van der Waals surface area contributed by atoms with Crippen molar-refractivity contribution >= 4 is 46.2 Å². The molecule has 1 fully saturated rings. The highest BCUT2D eigenvalue weighted by molar-refractivity contribution is 8.26. The molecule has 1 unspecified atom stereocenters. The fraction of sp³-hybridized carbons (Fsp3) is 0.286. The van der Waals surface area contributed by atoms with E-state index in [0.29, 0.717) is 15.6 Å². The summed E-state index contributed by atoms with van der Waals surface area (Å²) in [5, 5.41) is 12.4. The van der Waals surface area contributed by atoms with Crippen molar-refractivity contribution < 1.29 is 14.7 Å². The SMILES string of the molecule is Cn1cccc1C=C1SC(=S)N(CCC(=O)NC(CO)Cc2ccccc2)C1=O. The lowest BCUT2D eigenvalue weighted by atomic mass is 10.1. The van der Waals surface area contributed by atoms with Gasteiger partial charge >= 0.3 is 0 Å². The van der Waals surface area contributed by atoms with Crippen molar-refractivity contribution in [3.05, 3.63) is 64.8 Å². The van der Waals surface area contributed by atoms with Crippen molar-refractivity contribution in [2.24, 2.45) is 7.05 Å². The number of carbonyl (C=O) groups excluding carboxylic acids is 2. The fourth-order valence-electron chi connectivity index (χ4n) is 3.02. The number of hydrogen-bond acceptors (Lipinski definition) is 5. The number of amides is 2. The van der Waals surface area contributed by atoms with E-state index in [1.165, 1.54) is 16.7 Å². The molecule has 2 amide bonds. The number of aliphatic hydroxyl groups is 1. The second-order valence-electron chi connectivity index (χ2n) is 6.76. The molecule has 6 nitrogen and oxygen atoms in total. The molecule has 1 aromatic carbocycles. The van der Waals surface area contributed by atoms with E-state index in [-0.39, 0.29) is 37.4 Å². The average Bonchev–Trinajstić information content (AvgIpc) is 3.23. The molecule has 152 valence electrons. The number of rotatable bonds is 8. The van der Waals surface area contributed by atoms with Gasteiger partial charge in [0.25, 0.3) is 5.91 Å². The van der Waals surface area contributed by atoms with Crippen LogP contribution in [0.3, 0.4) is 0 Å². The van der Waals surface area contributed by atoms with Gasteiger partial charge in [0.1, 0.15) is 4.32 Å². The Labute approximate surface area is 179 Å². The Hall–Kier alpha value is -2.42. The number of hydrogen-bond donors (Lipinski definition) is 2. The van der Waals surface area contributed by atoms with Crippen LogP contribution in [0.4, 0.5) is 0 Å². The van der Waals surface area contributed by atoms with Crippen LogP contribution >= 0.6 is 24.0 Å². The highest BCUT2D eigenvalue weighted by Gasteiger charge is 2.32. The maximum atomic E-state index is 12.7. The lowest BCUT2D eigenvalue weighted by molar-refractivity contribution is -0.124. The second-order valence-corrected chi connectivity index (χ2v) is 8.44. The molecule has 0 spiro atoms. The minimum Gasteiger partial charge on any atom is -0.394 e. The number of aryl methyl sites for hydroxylation is 1. The zero-order valence-electron chi connectivity index (χ0n) is 16.1. The zero-order chi connectivity index (χ0) is 20.8. The quantitative estimate of drug-likeness (QED) is 0.498. The molecule has 1 aliphatic heterocycles. The molecule has 29 heavy (non-hydrogen) atoms. The van der Waals surface area contributed by atoms with Gasteiger partial charge in [0, 0.05) is 31.9 Å². The minimum absolute atomic E-state index is 0.120. The summed E-state index contributed by atoms with van der Waals surface area (Å²) in [7, 11) is 1.91. The monoisotopic (exact) mass is 429 g/mol. The van der Waals surface area contributed by atoms with E-state index in [9.17, 15) is 14.7 Å². The molecule has 1 saturated heterocycles. The summed E-state index contributed by atoms with van der Waals surface area (Å²) in [6.45, 7) is 0.0611. The molecule has 8 heteroatoms. The summed E-state index contributed by atoms with van der Waals surface area (Å²) in [6.07, 6.45) is 4.38. The molecule has 2 aromatic rings. The van der Waals surface area contributed by atoms with Crippen molar-refractivity contribution in [2.45, 2.75) is 18.9 Å².